The maximum Gasteiger partial charge on any atom is 0.244 e. The highest BCUT2D eigenvalue weighted by atomic mass is 16.2. The summed E-state index contributed by atoms with van der Waals surface area (Å²) >= 11 is 0. The van der Waals surface area contributed by atoms with E-state index in [1.54, 1.807) is 6.20 Å². The number of aromatic nitrogens is 2. The van der Waals surface area contributed by atoms with Gasteiger partial charge < -0.3 is 9.88 Å². The molecule has 0 saturated heterocycles. The van der Waals surface area contributed by atoms with Crippen LogP contribution in [0.25, 0.3) is 21.8 Å². The molecule has 4 rings (SSSR count). The molecular formula is C13H9N3O. The van der Waals surface area contributed by atoms with Crippen LogP contribution in [0.1, 0.15) is 0 Å². The molecule has 0 fully saturated rings. The Morgan fingerprint density at radius 3 is 3.12 bits per heavy atom. The number of rotatable bonds is 0. The van der Waals surface area contributed by atoms with Crippen LogP contribution in [0.5, 0.6) is 0 Å². The van der Waals surface area contributed by atoms with Crippen LogP contribution in [0.15, 0.2) is 36.7 Å². The van der Waals surface area contributed by atoms with E-state index in [0.29, 0.717) is 6.54 Å². The molecule has 3 heterocycles. The zero-order chi connectivity index (χ0) is 11.4. The van der Waals surface area contributed by atoms with E-state index in [9.17, 15) is 4.79 Å². The van der Waals surface area contributed by atoms with Crippen LogP contribution in [0.3, 0.4) is 0 Å². The summed E-state index contributed by atoms with van der Waals surface area (Å²) in [7, 11) is 0. The minimum absolute atomic E-state index is 0.0271. The van der Waals surface area contributed by atoms with Gasteiger partial charge in [0.15, 0.2) is 0 Å². The highest BCUT2D eigenvalue weighted by Crippen LogP contribution is 2.34. The van der Waals surface area contributed by atoms with Crippen molar-refractivity contribution < 1.29 is 4.79 Å². The molecule has 1 aliphatic heterocycles. The summed E-state index contributed by atoms with van der Waals surface area (Å²) in [6, 6.07) is 7.91. The number of nitrogens with zero attached hydrogens (tertiary/aromatic N) is 2. The molecule has 1 amide bonds. The monoisotopic (exact) mass is 223 g/mol. The van der Waals surface area contributed by atoms with Crippen LogP contribution in [0.4, 0.5) is 5.69 Å². The van der Waals surface area contributed by atoms with Crippen molar-refractivity contribution in [2.45, 2.75) is 6.54 Å². The van der Waals surface area contributed by atoms with Gasteiger partial charge in [-0.15, -0.1) is 0 Å². The Morgan fingerprint density at radius 2 is 2.18 bits per heavy atom. The smallest absolute Gasteiger partial charge is 0.244 e. The van der Waals surface area contributed by atoms with Crippen LogP contribution in [-0.4, -0.2) is 15.5 Å². The van der Waals surface area contributed by atoms with Gasteiger partial charge in [0.1, 0.15) is 6.54 Å². The average molecular weight is 223 g/mol. The number of hydrogen-bond acceptors (Lipinski definition) is 2. The Hall–Kier alpha value is -2.36. The molecule has 0 bridgehead atoms. The minimum atomic E-state index is 0.0271. The second kappa shape index (κ2) is 2.85. The Morgan fingerprint density at radius 1 is 1.24 bits per heavy atom. The average Bonchev–Trinajstić information content (AvgIpc) is 2.67. The van der Waals surface area contributed by atoms with Crippen LogP contribution < -0.4 is 5.32 Å². The number of fused-ring (bicyclic) bond motifs is 3. The lowest BCUT2D eigenvalue weighted by Gasteiger charge is -2.16. The standard InChI is InChI=1S/C13H9N3O/c17-12-7-16-11-4-5-14-6-9(11)8-2-1-3-10(15-12)13(8)16/h1-6H,7H2,(H,15,17). The van der Waals surface area contributed by atoms with Gasteiger partial charge in [-0.1, -0.05) is 12.1 Å². The Balaban J connectivity index is 2.32. The molecule has 2 aromatic heterocycles. The third-order valence-corrected chi connectivity index (χ3v) is 3.26. The van der Waals surface area contributed by atoms with Gasteiger partial charge in [-0.25, -0.2) is 0 Å². The van der Waals surface area contributed by atoms with E-state index in [2.05, 4.69) is 20.9 Å². The number of benzene rings is 1. The fourth-order valence-corrected chi connectivity index (χ4v) is 2.60. The van der Waals surface area contributed by atoms with Crippen molar-refractivity contribution in [3.05, 3.63) is 36.7 Å². The second-order valence-electron chi connectivity index (χ2n) is 4.23. The molecule has 4 nitrogen and oxygen atoms in total. The largest absolute Gasteiger partial charge is 0.329 e. The Kier molecular flexibility index (Phi) is 1.47. The molecule has 3 aromatic rings. The maximum absolute atomic E-state index is 11.7. The lowest BCUT2D eigenvalue weighted by Crippen LogP contribution is -2.23. The lowest BCUT2D eigenvalue weighted by molar-refractivity contribution is -0.116. The molecule has 82 valence electrons. The highest BCUT2D eigenvalue weighted by Gasteiger charge is 2.20. The van der Waals surface area contributed by atoms with E-state index in [1.807, 2.05) is 24.4 Å². The number of hydrogen-bond donors (Lipinski definition) is 1. The molecule has 1 aromatic carbocycles. The summed E-state index contributed by atoms with van der Waals surface area (Å²) in [6.45, 7) is 0.376. The Bertz CT molecular complexity index is 773. The molecule has 0 spiro atoms. The maximum atomic E-state index is 11.7. The number of para-hydroxylation sites is 1. The molecular weight excluding hydrogens is 214 g/mol. The van der Waals surface area contributed by atoms with E-state index in [-0.39, 0.29) is 5.91 Å². The molecule has 0 aliphatic carbocycles. The normalized spacial score (nSPS) is 14.2. The number of carbonyl (C=O) groups excluding carboxylic acids is 1. The molecule has 0 radical (unpaired) electrons. The number of amides is 1. The summed E-state index contributed by atoms with van der Waals surface area (Å²) in [6.07, 6.45) is 3.62. The minimum Gasteiger partial charge on any atom is -0.329 e. The van der Waals surface area contributed by atoms with Crippen LogP contribution in [-0.2, 0) is 11.3 Å². The van der Waals surface area contributed by atoms with Crippen molar-refractivity contribution in [2.75, 3.05) is 5.32 Å². The van der Waals surface area contributed by atoms with E-state index in [1.165, 1.54) is 0 Å². The van der Waals surface area contributed by atoms with Crippen molar-refractivity contribution in [1.82, 2.24) is 9.55 Å². The molecule has 1 N–H and O–H groups in total. The first kappa shape index (κ1) is 8.75. The van der Waals surface area contributed by atoms with E-state index >= 15 is 0 Å². The molecule has 4 heteroatoms. The molecule has 0 saturated carbocycles. The van der Waals surface area contributed by atoms with Gasteiger partial charge in [0.05, 0.1) is 16.7 Å². The van der Waals surface area contributed by atoms with Crippen LogP contribution in [0.2, 0.25) is 0 Å². The zero-order valence-electron chi connectivity index (χ0n) is 8.97. The van der Waals surface area contributed by atoms with Gasteiger partial charge in [0, 0.05) is 23.2 Å². The number of nitrogens with one attached hydrogen (secondary N) is 1. The van der Waals surface area contributed by atoms with Crippen molar-refractivity contribution in [1.29, 1.82) is 0 Å². The Labute approximate surface area is 96.9 Å². The summed E-state index contributed by atoms with van der Waals surface area (Å²) < 4.78 is 2.06. The van der Waals surface area contributed by atoms with Gasteiger partial charge in [-0.3, -0.25) is 9.78 Å². The first-order valence-corrected chi connectivity index (χ1v) is 5.49. The van der Waals surface area contributed by atoms with Gasteiger partial charge in [0.25, 0.3) is 0 Å². The molecule has 0 atom stereocenters. The SMILES string of the molecule is O=C1Cn2c3ccncc3c3cccc(c32)N1. The molecule has 0 unspecified atom stereocenters. The molecule has 1 aliphatic rings. The fourth-order valence-electron chi connectivity index (χ4n) is 2.60. The van der Waals surface area contributed by atoms with Crippen molar-refractivity contribution in [3.8, 4) is 0 Å². The summed E-state index contributed by atoms with van der Waals surface area (Å²) in [5, 5.41) is 5.15. The number of carbonyl (C=O) groups is 1. The van der Waals surface area contributed by atoms with Crippen molar-refractivity contribution >= 4 is 33.4 Å². The van der Waals surface area contributed by atoms with E-state index in [4.69, 9.17) is 0 Å². The number of pyridine rings is 1. The first-order valence-electron chi connectivity index (χ1n) is 5.49. The summed E-state index contributed by atoms with van der Waals surface area (Å²) in [5.74, 6) is 0.0271. The van der Waals surface area contributed by atoms with Crippen molar-refractivity contribution in [3.63, 3.8) is 0 Å². The highest BCUT2D eigenvalue weighted by molar-refractivity contribution is 6.16. The van der Waals surface area contributed by atoms with Crippen LogP contribution >= 0.6 is 0 Å². The van der Waals surface area contributed by atoms with Gasteiger partial charge in [-0.05, 0) is 12.1 Å². The van der Waals surface area contributed by atoms with Gasteiger partial charge in [0.2, 0.25) is 5.91 Å². The van der Waals surface area contributed by atoms with Gasteiger partial charge in [-0.2, -0.15) is 0 Å². The summed E-state index contributed by atoms with van der Waals surface area (Å²) in [5.41, 5.74) is 3.04. The van der Waals surface area contributed by atoms with E-state index in [0.717, 1.165) is 27.5 Å². The molecule has 17 heavy (non-hydrogen) atoms. The van der Waals surface area contributed by atoms with E-state index < -0.39 is 0 Å². The zero-order valence-corrected chi connectivity index (χ0v) is 8.97. The predicted molar refractivity (Wildman–Crippen MR) is 65.9 cm³/mol. The predicted octanol–water partition coefficient (Wildman–Crippen LogP) is 2.14. The van der Waals surface area contributed by atoms with Gasteiger partial charge >= 0.3 is 0 Å². The number of anilines is 1. The summed E-state index contributed by atoms with van der Waals surface area (Å²) in [4.78, 5) is 15.8. The lowest BCUT2D eigenvalue weighted by atomic mass is 10.1. The van der Waals surface area contributed by atoms with Crippen LogP contribution in [0, 0.1) is 0 Å². The second-order valence-corrected chi connectivity index (χ2v) is 4.23. The third kappa shape index (κ3) is 1.02. The fraction of sp³-hybridized carbons (Fsp3) is 0.0769. The topological polar surface area (TPSA) is 46.9 Å². The third-order valence-electron chi connectivity index (χ3n) is 3.26. The van der Waals surface area contributed by atoms with Crippen molar-refractivity contribution in [2.24, 2.45) is 0 Å². The first-order chi connectivity index (χ1) is 8.34. The quantitative estimate of drug-likeness (QED) is 0.634.